The molecule has 86 valence electrons. The maximum absolute atomic E-state index is 5.50. The van der Waals surface area contributed by atoms with Gasteiger partial charge in [-0.25, -0.2) is 0 Å². The van der Waals surface area contributed by atoms with Crippen molar-refractivity contribution in [1.82, 2.24) is 0 Å². The molecule has 0 saturated carbocycles. The second kappa shape index (κ2) is 5.93. The summed E-state index contributed by atoms with van der Waals surface area (Å²) in [5.74, 6) is 6.72. The molecule has 0 radical (unpaired) electrons. The Kier molecular flexibility index (Phi) is 4.85. The molecule has 0 aliphatic carbocycles. The van der Waals surface area contributed by atoms with Gasteiger partial charge in [0.25, 0.3) is 0 Å². The van der Waals surface area contributed by atoms with Crippen LogP contribution in [-0.4, -0.2) is 19.3 Å². The maximum Gasteiger partial charge on any atom is 0.149 e. The predicted octanol–water partition coefficient (Wildman–Crippen LogP) is 3.26. The summed E-state index contributed by atoms with van der Waals surface area (Å²) < 4.78 is 11.6. The third-order valence-electron chi connectivity index (χ3n) is 2.04. The number of hydrogen-bond donors (Lipinski definition) is 0. The summed E-state index contributed by atoms with van der Waals surface area (Å²) in [5, 5.41) is 0. The fraction of sp³-hybridized carbons (Fsp3) is 0.385. The zero-order chi connectivity index (χ0) is 12.0. The summed E-state index contributed by atoms with van der Waals surface area (Å²) in [7, 11) is 1.64. The van der Waals surface area contributed by atoms with E-state index in [-0.39, 0.29) is 0 Å². The van der Waals surface area contributed by atoms with E-state index in [0.717, 1.165) is 10.2 Å². The molecule has 1 rings (SSSR count). The average Bonchev–Trinajstić information content (AvgIpc) is 2.27. The highest BCUT2D eigenvalue weighted by molar-refractivity contribution is 9.10. The van der Waals surface area contributed by atoms with E-state index in [0.29, 0.717) is 6.61 Å². The molecule has 0 fully saturated rings. The minimum Gasteiger partial charge on any atom is -0.480 e. The number of ether oxygens (including phenoxy) is 2. The van der Waals surface area contributed by atoms with Gasteiger partial charge in [-0.2, -0.15) is 0 Å². The third kappa shape index (κ3) is 4.26. The largest absolute Gasteiger partial charge is 0.480 e. The van der Waals surface area contributed by atoms with Crippen LogP contribution in [0.5, 0.6) is 5.75 Å². The molecule has 0 saturated heterocycles. The Balaban J connectivity index is 2.51. The van der Waals surface area contributed by atoms with Crippen LogP contribution in [0.2, 0.25) is 0 Å². The Hall–Kier alpha value is -0.980. The van der Waals surface area contributed by atoms with Gasteiger partial charge < -0.3 is 9.47 Å². The highest BCUT2D eigenvalue weighted by Crippen LogP contribution is 2.23. The van der Waals surface area contributed by atoms with Gasteiger partial charge in [0, 0.05) is 7.11 Å². The van der Waals surface area contributed by atoms with Crippen molar-refractivity contribution in [2.24, 2.45) is 0 Å². The molecule has 1 aromatic carbocycles. The van der Waals surface area contributed by atoms with Crippen LogP contribution >= 0.6 is 15.9 Å². The van der Waals surface area contributed by atoms with Crippen molar-refractivity contribution < 1.29 is 9.47 Å². The van der Waals surface area contributed by atoms with Crippen LogP contribution in [0.4, 0.5) is 0 Å². The van der Waals surface area contributed by atoms with Crippen LogP contribution in [-0.2, 0) is 4.74 Å². The molecule has 2 nitrogen and oxygen atoms in total. The van der Waals surface area contributed by atoms with Gasteiger partial charge in [0.1, 0.15) is 18.0 Å². The minimum atomic E-state index is -0.419. The lowest BCUT2D eigenvalue weighted by molar-refractivity contribution is 0.0740. The summed E-state index contributed by atoms with van der Waals surface area (Å²) in [5.41, 5.74) is -0.419. The van der Waals surface area contributed by atoms with Gasteiger partial charge in [-0.15, -0.1) is 0 Å². The number of benzene rings is 1. The van der Waals surface area contributed by atoms with E-state index in [1.165, 1.54) is 0 Å². The molecule has 0 N–H and O–H groups in total. The van der Waals surface area contributed by atoms with Crippen LogP contribution in [0.25, 0.3) is 0 Å². The van der Waals surface area contributed by atoms with Crippen LogP contribution in [0.3, 0.4) is 0 Å². The van der Waals surface area contributed by atoms with Gasteiger partial charge in [0.05, 0.1) is 4.47 Å². The number of hydrogen-bond acceptors (Lipinski definition) is 2. The first-order valence-corrected chi connectivity index (χ1v) is 5.77. The van der Waals surface area contributed by atoms with Crippen LogP contribution < -0.4 is 4.74 Å². The first-order chi connectivity index (χ1) is 7.55. The minimum absolute atomic E-state index is 0.357. The standard InChI is InChI=1S/C13H15BrO2/c1-13(2,15-3)9-6-10-16-12-8-5-4-7-11(12)14/h4-5,7-8H,10H2,1-3H3. The number of para-hydroxylation sites is 1. The molecule has 0 heterocycles. The zero-order valence-electron chi connectivity index (χ0n) is 9.71. The van der Waals surface area contributed by atoms with Gasteiger partial charge >= 0.3 is 0 Å². The van der Waals surface area contributed by atoms with E-state index in [1.54, 1.807) is 7.11 Å². The van der Waals surface area contributed by atoms with Crippen molar-refractivity contribution in [2.75, 3.05) is 13.7 Å². The Bertz CT molecular complexity index is 402. The third-order valence-corrected chi connectivity index (χ3v) is 2.69. The molecule has 0 aliphatic rings. The Morgan fingerprint density at radius 3 is 2.62 bits per heavy atom. The molecular weight excluding hydrogens is 268 g/mol. The summed E-state index contributed by atoms with van der Waals surface area (Å²) in [4.78, 5) is 0. The summed E-state index contributed by atoms with van der Waals surface area (Å²) in [6.07, 6.45) is 0. The normalized spacial score (nSPS) is 10.5. The van der Waals surface area contributed by atoms with Gasteiger partial charge in [0.2, 0.25) is 0 Å². The molecule has 0 aliphatic heterocycles. The molecule has 0 bridgehead atoms. The molecule has 0 spiro atoms. The van der Waals surface area contributed by atoms with Crippen LogP contribution in [0, 0.1) is 11.8 Å². The topological polar surface area (TPSA) is 18.5 Å². The molecule has 0 amide bonds. The summed E-state index contributed by atoms with van der Waals surface area (Å²) >= 11 is 3.40. The van der Waals surface area contributed by atoms with E-state index < -0.39 is 5.60 Å². The SMILES string of the molecule is COC(C)(C)C#CCOc1ccccc1Br. The quantitative estimate of drug-likeness (QED) is 0.793. The highest BCUT2D eigenvalue weighted by atomic mass is 79.9. The summed E-state index contributed by atoms with van der Waals surface area (Å²) in [6, 6.07) is 7.69. The number of halogens is 1. The van der Waals surface area contributed by atoms with Gasteiger partial charge in [-0.05, 0) is 41.9 Å². The molecule has 3 heteroatoms. The smallest absolute Gasteiger partial charge is 0.149 e. The lowest BCUT2D eigenvalue weighted by Gasteiger charge is -2.14. The van der Waals surface area contributed by atoms with Gasteiger partial charge in [-0.3, -0.25) is 0 Å². The molecule has 16 heavy (non-hydrogen) atoms. The number of methoxy groups -OCH3 is 1. The van der Waals surface area contributed by atoms with E-state index in [2.05, 4.69) is 27.8 Å². The monoisotopic (exact) mass is 282 g/mol. The highest BCUT2D eigenvalue weighted by Gasteiger charge is 2.10. The van der Waals surface area contributed by atoms with Crippen molar-refractivity contribution in [3.05, 3.63) is 28.7 Å². The van der Waals surface area contributed by atoms with E-state index in [9.17, 15) is 0 Å². The van der Waals surface area contributed by atoms with Crippen molar-refractivity contribution in [2.45, 2.75) is 19.4 Å². The molecule has 1 aromatic rings. The van der Waals surface area contributed by atoms with E-state index in [1.807, 2.05) is 38.1 Å². The van der Waals surface area contributed by atoms with Gasteiger partial charge in [0.15, 0.2) is 0 Å². The lowest BCUT2D eigenvalue weighted by atomic mass is 10.1. The number of rotatable bonds is 3. The second-order valence-corrected chi connectivity index (χ2v) is 4.59. The molecular formula is C13H15BrO2. The fourth-order valence-corrected chi connectivity index (χ4v) is 1.37. The molecule has 0 unspecified atom stereocenters. The maximum atomic E-state index is 5.50. The Labute approximate surface area is 105 Å². The van der Waals surface area contributed by atoms with Crippen LogP contribution in [0.1, 0.15) is 13.8 Å². The first-order valence-electron chi connectivity index (χ1n) is 4.98. The molecule has 0 atom stereocenters. The zero-order valence-corrected chi connectivity index (χ0v) is 11.3. The van der Waals surface area contributed by atoms with Crippen molar-refractivity contribution in [1.29, 1.82) is 0 Å². The predicted molar refractivity (Wildman–Crippen MR) is 68.5 cm³/mol. The van der Waals surface area contributed by atoms with Crippen LogP contribution in [0.15, 0.2) is 28.7 Å². The van der Waals surface area contributed by atoms with E-state index in [4.69, 9.17) is 9.47 Å². The summed E-state index contributed by atoms with van der Waals surface area (Å²) in [6.45, 7) is 4.19. The van der Waals surface area contributed by atoms with Crippen molar-refractivity contribution in [3.8, 4) is 17.6 Å². The Morgan fingerprint density at radius 1 is 1.31 bits per heavy atom. The van der Waals surface area contributed by atoms with Crippen molar-refractivity contribution >= 4 is 15.9 Å². The molecule has 0 aromatic heterocycles. The second-order valence-electron chi connectivity index (χ2n) is 3.74. The lowest BCUT2D eigenvalue weighted by Crippen LogP contribution is -2.19. The van der Waals surface area contributed by atoms with Crippen molar-refractivity contribution in [3.63, 3.8) is 0 Å². The van der Waals surface area contributed by atoms with Gasteiger partial charge in [-0.1, -0.05) is 24.0 Å². The van der Waals surface area contributed by atoms with E-state index >= 15 is 0 Å². The fourth-order valence-electron chi connectivity index (χ4n) is 0.976. The Morgan fingerprint density at radius 2 is 2.00 bits per heavy atom. The average molecular weight is 283 g/mol. The first kappa shape index (κ1) is 13.1.